The highest BCUT2D eigenvalue weighted by Gasteiger charge is 2.17. The summed E-state index contributed by atoms with van der Waals surface area (Å²) < 4.78 is 5.75. The monoisotopic (exact) mass is 300 g/mol. The Morgan fingerprint density at radius 1 is 1.19 bits per heavy atom. The molecule has 0 fully saturated rings. The van der Waals surface area contributed by atoms with Gasteiger partial charge in [0.15, 0.2) is 5.58 Å². The molecule has 0 atom stereocenters. The lowest BCUT2D eigenvalue weighted by Gasteiger charge is -2.13. The summed E-state index contributed by atoms with van der Waals surface area (Å²) >= 11 is 1.43. The number of benzene rings is 1. The van der Waals surface area contributed by atoms with E-state index in [1.165, 1.54) is 11.8 Å². The fourth-order valence-corrected chi connectivity index (χ4v) is 3.14. The summed E-state index contributed by atoms with van der Waals surface area (Å²) in [5.74, 6) is 1.15. The van der Waals surface area contributed by atoms with E-state index in [4.69, 9.17) is 4.42 Å². The molecule has 2 heterocycles. The summed E-state index contributed by atoms with van der Waals surface area (Å²) in [5.41, 5.74) is 2.72. The summed E-state index contributed by atoms with van der Waals surface area (Å²) in [4.78, 5) is 13.1. The van der Waals surface area contributed by atoms with E-state index in [0.29, 0.717) is 11.1 Å². The number of aromatic nitrogens is 3. The van der Waals surface area contributed by atoms with Crippen LogP contribution in [-0.4, -0.2) is 22.0 Å². The van der Waals surface area contributed by atoms with Crippen molar-refractivity contribution >= 4 is 28.7 Å². The van der Waals surface area contributed by atoms with Gasteiger partial charge in [0.25, 0.3) is 5.22 Å². The van der Waals surface area contributed by atoms with Gasteiger partial charge < -0.3 is 9.73 Å². The Bertz CT molecular complexity index is 736. The van der Waals surface area contributed by atoms with Crippen molar-refractivity contribution in [1.82, 2.24) is 15.0 Å². The number of para-hydroxylation sites is 2. The molecule has 5 nitrogen and oxygen atoms in total. The zero-order valence-electron chi connectivity index (χ0n) is 12.1. The van der Waals surface area contributed by atoms with Crippen LogP contribution in [0.15, 0.2) is 45.3 Å². The summed E-state index contributed by atoms with van der Waals surface area (Å²) in [6.45, 7) is 4.24. The molecule has 21 heavy (non-hydrogen) atoms. The number of anilines is 1. The van der Waals surface area contributed by atoms with Crippen molar-refractivity contribution in [1.29, 1.82) is 0 Å². The number of nitrogens with zero attached hydrogens (tertiary/aromatic N) is 3. The molecule has 0 spiro atoms. The van der Waals surface area contributed by atoms with E-state index in [9.17, 15) is 0 Å². The molecule has 1 aromatic carbocycles. The lowest BCUT2D eigenvalue weighted by Crippen LogP contribution is -2.03. The zero-order valence-corrected chi connectivity index (χ0v) is 12.9. The third-order valence-corrected chi connectivity index (χ3v) is 3.99. The topological polar surface area (TPSA) is 63.8 Å². The lowest BCUT2D eigenvalue weighted by atomic mass is 10.1. The minimum Gasteiger partial charge on any atom is -0.431 e. The summed E-state index contributed by atoms with van der Waals surface area (Å²) in [7, 11) is 1.86. The van der Waals surface area contributed by atoms with Gasteiger partial charge in [-0.1, -0.05) is 26.0 Å². The largest absolute Gasteiger partial charge is 0.431 e. The molecular weight excluding hydrogens is 284 g/mol. The number of hydrogen-bond acceptors (Lipinski definition) is 6. The fraction of sp³-hybridized carbons (Fsp3) is 0.267. The minimum absolute atomic E-state index is 0.306. The van der Waals surface area contributed by atoms with Crippen molar-refractivity contribution in [2.24, 2.45) is 0 Å². The summed E-state index contributed by atoms with van der Waals surface area (Å²) in [5, 5.41) is 4.58. The second-order valence-corrected chi connectivity index (χ2v) is 5.84. The van der Waals surface area contributed by atoms with Crippen molar-refractivity contribution < 1.29 is 4.42 Å². The standard InChI is InChI=1S/C15H16N4OS/c1-9(2)12-13(16-3)17-8-18-14(12)21-15-19-10-6-4-5-7-11(10)20-15/h4-9H,1-3H3,(H,16,17,18). The van der Waals surface area contributed by atoms with Crippen LogP contribution in [0.3, 0.4) is 0 Å². The van der Waals surface area contributed by atoms with Crippen LogP contribution in [-0.2, 0) is 0 Å². The van der Waals surface area contributed by atoms with E-state index >= 15 is 0 Å². The molecule has 0 radical (unpaired) electrons. The number of rotatable bonds is 4. The first-order chi connectivity index (χ1) is 10.2. The van der Waals surface area contributed by atoms with Crippen LogP contribution < -0.4 is 5.32 Å². The molecule has 0 unspecified atom stereocenters. The van der Waals surface area contributed by atoms with Crippen LogP contribution in [0.4, 0.5) is 5.82 Å². The van der Waals surface area contributed by atoms with E-state index in [0.717, 1.165) is 27.5 Å². The average molecular weight is 300 g/mol. The first kappa shape index (κ1) is 13.9. The lowest BCUT2D eigenvalue weighted by molar-refractivity contribution is 0.489. The molecule has 0 aliphatic carbocycles. The molecule has 1 N–H and O–H groups in total. The van der Waals surface area contributed by atoms with Gasteiger partial charge in [-0.15, -0.1) is 0 Å². The van der Waals surface area contributed by atoms with Gasteiger partial charge in [0.2, 0.25) is 0 Å². The number of oxazole rings is 1. The van der Waals surface area contributed by atoms with Crippen molar-refractivity contribution in [2.75, 3.05) is 12.4 Å². The summed E-state index contributed by atoms with van der Waals surface area (Å²) in [6.07, 6.45) is 1.56. The molecule has 0 bridgehead atoms. The van der Waals surface area contributed by atoms with E-state index in [2.05, 4.69) is 34.1 Å². The van der Waals surface area contributed by atoms with Crippen molar-refractivity contribution in [3.05, 3.63) is 36.2 Å². The maximum atomic E-state index is 5.75. The molecule has 0 amide bonds. The van der Waals surface area contributed by atoms with Gasteiger partial charge in [0.05, 0.1) is 0 Å². The number of hydrogen-bond donors (Lipinski definition) is 1. The van der Waals surface area contributed by atoms with Gasteiger partial charge in [0.1, 0.15) is 22.7 Å². The smallest absolute Gasteiger partial charge is 0.263 e. The van der Waals surface area contributed by atoms with Crippen LogP contribution in [0, 0.1) is 0 Å². The van der Waals surface area contributed by atoms with Gasteiger partial charge in [0, 0.05) is 12.6 Å². The van der Waals surface area contributed by atoms with E-state index in [-0.39, 0.29) is 0 Å². The molecule has 0 aliphatic rings. The van der Waals surface area contributed by atoms with Crippen LogP contribution >= 0.6 is 11.8 Å². The third-order valence-electron chi connectivity index (χ3n) is 3.12. The summed E-state index contributed by atoms with van der Waals surface area (Å²) in [6, 6.07) is 7.73. The second kappa shape index (κ2) is 5.73. The Labute approximate surface area is 127 Å². The Kier molecular flexibility index (Phi) is 3.79. The van der Waals surface area contributed by atoms with Crippen LogP contribution in [0.2, 0.25) is 0 Å². The molecule has 2 aromatic heterocycles. The Hall–Kier alpha value is -2.08. The molecule has 108 valence electrons. The molecule has 3 aromatic rings. The van der Waals surface area contributed by atoms with Gasteiger partial charge in [-0.3, -0.25) is 0 Å². The maximum Gasteiger partial charge on any atom is 0.263 e. The van der Waals surface area contributed by atoms with Crippen molar-refractivity contribution in [3.8, 4) is 0 Å². The highest BCUT2D eigenvalue weighted by molar-refractivity contribution is 7.99. The zero-order chi connectivity index (χ0) is 14.8. The van der Waals surface area contributed by atoms with Crippen LogP contribution in [0.1, 0.15) is 25.3 Å². The first-order valence-electron chi connectivity index (χ1n) is 6.75. The van der Waals surface area contributed by atoms with E-state index in [1.807, 2.05) is 31.3 Å². The van der Waals surface area contributed by atoms with Crippen molar-refractivity contribution in [3.63, 3.8) is 0 Å². The normalized spacial score (nSPS) is 11.2. The SMILES string of the molecule is CNc1ncnc(Sc2nc3ccccc3o2)c1C(C)C. The predicted octanol–water partition coefficient (Wildman–Crippen LogP) is 3.93. The van der Waals surface area contributed by atoms with Gasteiger partial charge in [-0.05, 0) is 29.8 Å². The minimum atomic E-state index is 0.306. The fourth-order valence-electron chi connectivity index (χ4n) is 2.16. The van der Waals surface area contributed by atoms with E-state index in [1.54, 1.807) is 6.33 Å². The molecule has 0 saturated heterocycles. The predicted molar refractivity (Wildman–Crippen MR) is 83.8 cm³/mol. The average Bonchev–Trinajstić information content (AvgIpc) is 2.88. The Balaban J connectivity index is 2.01. The quantitative estimate of drug-likeness (QED) is 0.736. The molecule has 6 heteroatoms. The Morgan fingerprint density at radius 2 is 2.00 bits per heavy atom. The molecule has 0 aliphatic heterocycles. The van der Waals surface area contributed by atoms with Crippen LogP contribution in [0.5, 0.6) is 0 Å². The maximum absolute atomic E-state index is 5.75. The van der Waals surface area contributed by atoms with Gasteiger partial charge >= 0.3 is 0 Å². The highest BCUT2D eigenvalue weighted by atomic mass is 32.2. The number of fused-ring (bicyclic) bond motifs is 1. The van der Waals surface area contributed by atoms with Crippen molar-refractivity contribution in [2.45, 2.75) is 30.0 Å². The molecule has 3 rings (SSSR count). The van der Waals surface area contributed by atoms with E-state index < -0.39 is 0 Å². The number of nitrogens with one attached hydrogen (secondary N) is 1. The third kappa shape index (κ3) is 2.71. The first-order valence-corrected chi connectivity index (χ1v) is 7.56. The second-order valence-electron chi connectivity index (χ2n) is 4.90. The molecular formula is C15H16N4OS. The van der Waals surface area contributed by atoms with Gasteiger partial charge in [-0.25, -0.2) is 15.0 Å². The molecule has 0 saturated carbocycles. The van der Waals surface area contributed by atoms with Crippen LogP contribution in [0.25, 0.3) is 11.1 Å². The van der Waals surface area contributed by atoms with Gasteiger partial charge in [-0.2, -0.15) is 0 Å². The Morgan fingerprint density at radius 3 is 2.71 bits per heavy atom. The highest BCUT2D eigenvalue weighted by Crippen LogP contribution is 2.35.